The molecular weight excluding hydrogens is 366 g/mol. The van der Waals surface area contributed by atoms with Crippen LogP contribution in [0.1, 0.15) is 24.1 Å². The molecule has 0 radical (unpaired) electrons. The molecule has 0 aromatic heterocycles. The first-order valence-corrected chi connectivity index (χ1v) is 10.1. The van der Waals surface area contributed by atoms with Crippen molar-refractivity contribution in [2.75, 3.05) is 20.2 Å². The topological polar surface area (TPSA) is 102 Å². The summed E-state index contributed by atoms with van der Waals surface area (Å²) in [5, 5.41) is 7.94. The second kappa shape index (κ2) is 8.88. The Morgan fingerprint density at radius 1 is 1.15 bits per heavy atom. The number of nitrogens with two attached hydrogens (primary N) is 1. The van der Waals surface area contributed by atoms with Gasteiger partial charge in [0.05, 0.1) is 17.5 Å². The summed E-state index contributed by atoms with van der Waals surface area (Å²) in [6, 6.07) is 13.3. The van der Waals surface area contributed by atoms with Crippen LogP contribution in [0.25, 0.3) is 0 Å². The van der Waals surface area contributed by atoms with Gasteiger partial charge < -0.3 is 15.0 Å². The van der Waals surface area contributed by atoms with E-state index in [1.54, 1.807) is 19.2 Å². The number of urea groups is 1. The van der Waals surface area contributed by atoms with Crippen molar-refractivity contribution >= 4 is 16.1 Å². The number of nitrogens with one attached hydrogen (secondary N) is 1. The molecule has 7 nitrogen and oxygen atoms in total. The molecule has 3 N–H and O–H groups in total. The minimum absolute atomic E-state index is 0.0372. The molecule has 0 spiro atoms. The zero-order valence-corrected chi connectivity index (χ0v) is 16.5. The van der Waals surface area contributed by atoms with E-state index in [9.17, 15) is 13.2 Å². The first-order chi connectivity index (χ1) is 12.7. The predicted molar refractivity (Wildman–Crippen MR) is 104 cm³/mol. The van der Waals surface area contributed by atoms with Crippen molar-refractivity contribution in [3.8, 4) is 5.75 Å². The summed E-state index contributed by atoms with van der Waals surface area (Å²) in [5.41, 5.74) is 1.94. The van der Waals surface area contributed by atoms with Gasteiger partial charge >= 0.3 is 6.03 Å². The van der Waals surface area contributed by atoms with Crippen molar-refractivity contribution < 1.29 is 17.9 Å². The average molecular weight is 391 g/mol. The normalized spacial score (nSPS) is 12.3. The summed E-state index contributed by atoms with van der Waals surface area (Å²) in [6.07, 6.45) is 0. The number of aryl methyl sites for hydroxylation is 1. The maximum absolute atomic E-state index is 12.3. The molecule has 2 aromatic rings. The summed E-state index contributed by atoms with van der Waals surface area (Å²) in [6.45, 7) is 4.63. The Kier molecular flexibility index (Phi) is 6.81. The number of carbonyl (C=O) groups is 1. The zero-order chi connectivity index (χ0) is 20.0. The van der Waals surface area contributed by atoms with E-state index in [1.165, 1.54) is 17.0 Å². The van der Waals surface area contributed by atoms with Gasteiger partial charge in [-0.05, 0) is 43.7 Å². The Morgan fingerprint density at radius 3 is 2.30 bits per heavy atom. The fraction of sp³-hybridized carbons (Fsp3) is 0.316. The standard InChI is InChI=1S/C19H25N3O4S/c1-14-4-8-17(9-5-14)26-13-12-22(3)19(23)21-15(2)16-6-10-18(11-7-16)27(20,24)25/h4-11,15H,12-13H2,1-3H3,(H,21,23)(H2,20,24,25). The third-order valence-electron chi connectivity index (χ3n) is 4.11. The van der Waals surface area contributed by atoms with Gasteiger partial charge in [0, 0.05) is 7.05 Å². The van der Waals surface area contributed by atoms with Gasteiger partial charge in [-0.3, -0.25) is 0 Å². The molecule has 2 amide bonds. The van der Waals surface area contributed by atoms with Crippen LogP contribution in [0.15, 0.2) is 53.4 Å². The van der Waals surface area contributed by atoms with Crippen molar-refractivity contribution in [1.29, 1.82) is 0 Å². The van der Waals surface area contributed by atoms with E-state index in [0.717, 1.165) is 16.9 Å². The first-order valence-electron chi connectivity index (χ1n) is 8.50. The van der Waals surface area contributed by atoms with Gasteiger partial charge in [0.2, 0.25) is 10.0 Å². The van der Waals surface area contributed by atoms with E-state index >= 15 is 0 Å². The fourth-order valence-electron chi connectivity index (χ4n) is 2.36. The predicted octanol–water partition coefficient (Wildman–Crippen LogP) is 2.42. The quantitative estimate of drug-likeness (QED) is 0.757. The number of ether oxygens (including phenoxy) is 1. The lowest BCUT2D eigenvalue weighted by Crippen LogP contribution is -2.40. The van der Waals surface area contributed by atoms with Crippen LogP contribution < -0.4 is 15.2 Å². The van der Waals surface area contributed by atoms with Crippen LogP contribution in [-0.4, -0.2) is 39.5 Å². The van der Waals surface area contributed by atoms with Gasteiger partial charge in [0.15, 0.2) is 0 Å². The molecule has 0 aliphatic heterocycles. The van der Waals surface area contributed by atoms with Crippen LogP contribution in [0.2, 0.25) is 0 Å². The lowest BCUT2D eigenvalue weighted by molar-refractivity contribution is 0.192. The summed E-state index contributed by atoms with van der Waals surface area (Å²) >= 11 is 0. The average Bonchev–Trinajstić information content (AvgIpc) is 2.62. The van der Waals surface area contributed by atoms with Crippen molar-refractivity contribution in [1.82, 2.24) is 10.2 Å². The van der Waals surface area contributed by atoms with E-state index in [4.69, 9.17) is 9.88 Å². The molecule has 146 valence electrons. The number of nitrogens with zero attached hydrogens (tertiary/aromatic N) is 1. The van der Waals surface area contributed by atoms with Gasteiger partial charge in [-0.15, -0.1) is 0 Å². The molecule has 1 atom stereocenters. The van der Waals surface area contributed by atoms with Crippen molar-refractivity contribution in [3.63, 3.8) is 0 Å². The smallest absolute Gasteiger partial charge is 0.317 e. The fourth-order valence-corrected chi connectivity index (χ4v) is 2.88. The van der Waals surface area contributed by atoms with Crippen LogP contribution in [0, 0.1) is 6.92 Å². The number of amides is 2. The molecule has 0 aliphatic carbocycles. The minimum atomic E-state index is -3.73. The Labute approximate surface area is 160 Å². The number of carbonyl (C=O) groups excluding carboxylic acids is 1. The van der Waals surface area contributed by atoms with Gasteiger partial charge in [-0.25, -0.2) is 18.4 Å². The van der Waals surface area contributed by atoms with E-state index in [2.05, 4.69) is 5.32 Å². The summed E-state index contributed by atoms with van der Waals surface area (Å²) in [5.74, 6) is 0.762. The molecule has 0 bridgehead atoms. The molecule has 27 heavy (non-hydrogen) atoms. The van der Waals surface area contributed by atoms with E-state index in [1.807, 2.05) is 38.1 Å². The Bertz CT molecular complexity index is 865. The maximum atomic E-state index is 12.3. The SMILES string of the molecule is Cc1ccc(OCCN(C)C(=O)NC(C)c2ccc(S(N)(=O)=O)cc2)cc1. The monoisotopic (exact) mass is 391 g/mol. The number of benzene rings is 2. The number of hydrogen-bond donors (Lipinski definition) is 2. The molecule has 2 aromatic carbocycles. The number of sulfonamides is 1. The first kappa shape index (κ1) is 20.7. The Hall–Kier alpha value is -2.58. The largest absolute Gasteiger partial charge is 0.492 e. The van der Waals surface area contributed by atoms with E-state index in [0.29, 0.717) is 13.2 Å². The van der Waals surface area contributed by atoms with Crippen LogP contribution in [-0.2, 0) is 10.0 Å². The van der Waals surface area contributed by atoms with Crippen LogP contribution in [0.4, 0.5) is 4.79 Å². The van der Waals surface area contributed by atoms with Crippen LogP contribution >= 0.6 is 0 Å². The number of likely N-dealkylation sites (N-methyl/N-ethyl adjacent to an activating group) is 1. The molecule has 2 rings (SSSR count). The summed E-state index contributed by atoms with van der Waals surface area (Å²) < 4.78 is 28.2. The second-order valence-corrected chi connectivity index (χ2v) is 7.93. The molecule has 0 saturated heterocycles. The lowest BCUT2D eigenvalue weighted by Gasteiger charge is -2.22. The molecular formula is C19H25N3O4S. The molecule has 8 heteroatoms. The third-order valence-corrected chi connectivity index (χ3v) is 5.04. The lowest BCUT2D eigenvalue weighted by atomic mass is 10.1. The highest BCUT2D eigenvalue weighted by atomic mass is 32.2. The highest BCUT2D eigenvalue weighted by Crippen LogP contribution is 2.16. The van der Waals surface area contributed by atoms with Gasteiger partial charge in [-0.1, -0.05) is 29.8 Å². The molecule has 0 fully saturated rings. The van der Waals surface area contributed by atoms with Crippen molar-refractivity contribution in [3.05, 3.63) is 59.7 Å². The van der Waals surface area contributed by atoms with Crippen molar-refractivity contribution in [2.24, 2.45) is 5.14 Å². The zero-order valence-electron chi connectivity index (χ0n) is 15.7. The number of primary sulfonamides is 1. The Balaban J connectivity index is 1.83. The highest BCUT2D eigenvalue weighted by Gasteiger charge is 2.14. The maximum Gasteiger partial charge on any atom is 0.317 e. The van der Waals surface area contributed by atoms with Gasteiger partial charge in [-0.2, -0.15) is 0 Å². The van der Waals surface area contributed by atoms with Crippen LogP contribution in [0.5, 0.6) is 5.75 Å². The molecule has 1 unspecified atom stereocenters. The van der Waals surface area contributed by atoms with E-state index < -0.39 is 10.0 Å². The third kappa shape index (κ3) is 6.26. The molecule has 0 saturated carbocycles. The molecule has 0 heterocycles. The minimum Gasteiger partial charge on any atom is -0.492 e. The number of rotatable bonds is 7. The summed E-state index contributed by atoms with van der Waals surface area (Å²) in [7, 11) is -2.04. The number of hydrogen-bond acceptors (Lipinski definition) is 4. The molecule has 0 aliphatic rings. The van der Waals surface area contributed by atoms with Crippen LogP contribution in [0.3, 0.4) is 0 Å². The van der Waals surface area contributed by atoms with Crippen molar-refractivity contribution in [2.45, 2.75) is 24.8 Å². The highest BCUT2D eigenvalue weighted by molar-refractivity contribution is 7.89. The van der Waals surface area contributed by atoms with Gasteiger partial charge in [0.1, 0.15) is 12.4 Å². The second-order valence-electron chi connectivity index (χ2n) is 6.37. The summed E-state index contributed by atoms with van der Waals surface area (Å²) in [4.78, 5) is 13.9. The van der Waals surface area contributed by atoms with E-state index in [-0.39, 0.29) is 17.0 Å². The van der Waals surface area contributed by atoms with Gasteiger partial charge in [0.25, 0.3) is 0 Å². The Morgan fingerprint density at radius 2 is 1.74 bits per heavy atom.